The molecule has 0 saturated heterocycles. The quantitative estimate of drug-likeness (QED) is 0.774. The number of hydrogen-bond donors (Lipinski definition) is 1. The lowest BCUT2D eigenvalue weighted by Crippen LogP contribution is -2.47. The lowest BCUT2D eigenvalue weighted by molar-refractivity contribution is -0.157. The van der Waals surface area contributed by atoms with E-state index < -0.39 is 5.60 Å². The highest BCUT2D eigenvalue weighted by molar-refractivity contribution is 5.75. The van der Waals surface area contributed by atoms with Crippen LogP contribution < -0.4 is 5.32 Å². The van der Waals surface area contributed by atoms with Gasteiger partial charge in [-0.3, -0.25) is 4.79 Å². The lowest BCUT2D eigenvalue weighted by atomic mass is 9.82. The zero-order chi connectivity index (χ0) is 14.5. The molecule has 2 atom stereocenters. The Labute approximate surface area is 118 Å². The van der Waals surface area contributed by atoms with Crippen molar-refractivity contribution in [3.63, 3.8) is 0 Å². The second-order valence-electron chi connectivity index (χ2n) is 6.83. The first-order valence-electron chi connectivity index (χ1n) is 7.82. The van der Waals surface area contributed by atoms with Crippen molar-refractivity contribution in [3.05, 3.63) is 0 Å². The molecule has 0 aromatic carbocycles. The highest BCUT2D eigenvalue weighted by atomic mass is 16.6. The van der Waals surface area contributed by atoms with E-state index in [4.69, 9.17) is 4.74 Å². The van der Waals surface area contributed by atoms with E-state index in [2.05, 4.69) is 12.2 Å². The molecule has 19 heavy (non-hydrogen) atoms. The minimum Gasteiger partial charge on any atom is -0.459 e. The standard InChI is InChI=1S/C16H31NO2/c1-6-14(13-10-8-7-9-11-13)17-12(2)15(18)19-16(3,4)5/h12-14,17H,6-11H2,1-5H3. The lowest BCUT2D eigenvalue weighted by Gasteiger charge is -2.32. The first-order chi connectivity index (χ1) is 8.83. The van der Waals surface area contributed by atoms with Gasteiger partial charge in [-0.1, -0.05) is 26.2 Å². The minimum absolute atomic E-state index is 0.137. The number of ether oxygens (including phenoxy) is 1. The van der Waals surface area contributed by atoms with Crippen molar-refractivity contribution < 1.29 is 9.53 Å². The minimum atomic E-state index is -0.403. The van der Waals surface area contributed by atoms with Gasteiger partial charge in [0.05, 0.1) is 0 Å². The molecule has 1 aliphatic carbocycles. The van der Waals surface area contributed by atoms with E-state index >= 15 is 0 Å². The molecule has 0 aromatic heterocycles. The van der Waals surface area contributed by atoms with Crippen LogP contribution in [0.2, 0.25) is 0 Å². The largest absolute Gasteiger partial charge is 0.459 e. The van der Waals surface area contributed by atoms with Crippen molar-refractivity contribution in [1.29, 1.82) is 0 Å². The molecule has 3 nitrogen and oxygen atoms in total. The van der Waals surface area contributed by atoms with Crippen LogP contribution in [0.3, 0.4) is 0 Å². The first kappa shape index (κ1) is 16.5. The Morgan fingerprint density at radius 1 is 1.26 bits per heavy atom. The summed E-state index contributed by atoms with van der Waals surface area (Å²) < 4.78 is 5.43. The monoisotopic (exact) mass is 269 g/mol. The molecule has 1 fully saturated rings. The molecule has 0 bridgehead atoms. The van der Waals surface area contributed by atoms with Gasteiger partial charge in [0.1, 0.15) is 11.6 Å². The number of carbonyl (C=O) groups excluding carboxylic acids is 1. The van der Waals surface area contributed by atoms with Crippen molar-refractivity contribution in [2.75, 3.05) is 0 Å². The molecule has 0 radical (unpaired) electrons. The van der Waals surface area contributed by atoms with E-state index in [1.165, 1.54) is 32.1 Å². The Balaban J connectivity index is 2.47. The SMILES string of the molecule is CCC(NC(C)C(=O)OC(C)(C)C)C1CCCCC1. The summed E-state index contributed by atoms with van der Waals surface area (Å²) in [5.41, 5.74) is -0.403. The van der Waals surface area contributed by atoms with Gasteiger partial charge in [-0.15, -0.1) is 0 Å². The molecular formula is C16H31NO2. The van der Waals surface area contributed by atoms with Gasteiger partial charge in [-0.25, -0.2) is 0 Å². The van der Waals surface area contributed by atoms with Crippen molar-refractivity contribution >= 4 is 5.97 Å². The van der Waals surface area contributed by atoms with E-state index in [0.29, 0.717) is 6.04 Å². The molecule has 112 valence electrons. The Morgan fingerprint density at radius 3 is 2.32 bits per heavy atom. The van der Waals surface area contributed by atoms with Gasteiger partial charge in [0.25, 0.3) is 0 Å². The first-order valence-corrected chi connectivity index (χ1v) is 7.82. The third kappa shape index (κ3) is 5.94. The summed E-state index contributed by atoms with van der Waals surface area (Å²) in [4.78, 5) is 12.0. The van der Waals surface area contributed by atoms with Crippen molar-refractivity contribution in [3.8, 4) is 0 Å². The number of carbonyl (C=O) groups is 1. The Morgan fingerprint density at radius 2 is 1.84 bits per heavy atom. The fourth-order valence-corrected chi connectivity index (χ4v) is 2.90. The molecular weight excluding hydrogens is 238 g/mol. The fourth-order valence-electron chi connectivity index (χ4n) is 2.90. The van der Waals surface area contributed by atoms with Gasteiger partial charge in [-0.2, -0.15) is 0 Å². The second-order valence-corrected chi connectivity index (χ2v) is 6.83. The second kappa shape index (κ2) is 7.28. The normalized spacial score (nSPS) is 20.9. The summed E-state index contributed by atoms with van der Waals surface area (Å²) in [5.74, 6) is 0.588. The average molecular weight is 269 g/mol. The number of esters is 1. The van der Waals surface area contributed by atoms with E-state index in [1.807, 2.05) is 27.7 Å². The van der Waals surface area contributed by atoms with Crippen LogP contribution in [-0.4, -0.2) is 23.7 Å². The van der Waals surface area contributed by atoms with Crippen molar-refractivity contribution in [1.82, 2.24) is 5.32 Å². The Bertz CT molecular complexity index is 277. The van der Waals surface area contributed by atoms with Crippen LogP contribution in [0.1, 0.15) is 73.1 Å². The van der Waals surface area contributed by atoms with Gasteiger partial charge in [0, 0.05) is 6.04 Å². The predicted octanol–water partition coefficient (Wildman–Crippen LogP) is 3.67. The number of hydrogen-bond acceptors (Lipinski definition) is 3. The number of nitrogens with one attached hydrogen (secondary N) is 1. The van der Waals surface area contributed by atoms with E-state index in [0.717, 1.165) is 12.3 Å². The number of rotatable bonds is 5. The van der Waals surface area contributed by atoms with Gasteiger partial charge in [0.2, 0.25) is 0 Å². The maximum Gasteiger partial charge on any atom is 0.323 e. The molecule has 0 aliphatic heterocycles. The molecule has 2 unspecified atom stereocenters. The van der Waals surface area contributed by atoms with E-state index in [9.17, 15) is 4.79 Å². The van der Waals surface area contributed by atoms with E-state index in [1.54, 1.807) is 0 Å². The summed E-state index contributed by atoms with van der Waals surface area (Å²) in [6.45, 7) is 9.86. The van der Waals surface area contributed by atoms with Gasteiger partial charge < -0.3 is 10.1 Å². The van der Waals surface area contributed by atoms with Crippen LogP contribution in [0.15, 0.2) is 0 Å². The molecule has 1 aliphatic rings. The molecule has 0 amide bonds. The summed E-state index contributed by atoms with van der Waals surface area (Å²) >= 11 is 0. The molecule has 1 saturated carbocycles. The Kier molecular flexibility index (Phi) is 6.31. The van der Waals surface area contributed by atoms with Crippen LogP contribution in [0.25, 0.3) is 0 Å². The van der Waals surface area contributed by atoms with Crippen LogP contribution in [0.5, 0.6) is 0 Å². The smallest absolute Gasteiger partial charge is 0.323 e. The molecule has 3 heteroatoms. The third-order valence-electron chi connectivity index (χ3n) is 3.88. The average Bonchev–Trinajstić information content (AvgIpc) is 2.34. The van der Waals surface area contributed by atoms with Crippen molar-refractivity contribution in [2.24, 2.45) is 5.92 Å². The zero-order valence-corrected chi connectivity index (χ0v) is 13.3. The maximum absolute atomic E-state index is 12.0. The van der Waals surface area contributed by atoms with Crippen LogP contribution in [0.4, 0.5) is 0 Å². The van der Waals surface area contributed by atoms with Gasteiger partial charge in [-0.05, 0) is 52.9 Å². The fraction of sp³-hybridized carbons (Fsp3) is 0.938. The Hall–Kier alpha value is -0.570. The summed E-state index contributed by atoms with van der Waals surface area (Å²) in [5, 5.41) is 3.48. The van der Waals surface area contributed by atoms with Crippen LogP contribution in [0, 0.1) is 5.92 Å². The predicted molar refractivity (Wildman–Crippen MR) is 79.1 cm³/mol. The highest BCUT2D eigenvalue weighted by Gasteiger charge is 2.27. The van der Waals surface area contributed by atoms with Crippen molar-refractivity contribution in [2.45, 2.75) is 90.8 Å². The van der Waals surface area contributed by atoms with Gasteiger partial charge >= 0.3 is 5.97 Å². The highest BCUT2D eigenvalue weighted by Crippen LogP contribution is 2.28. The van der Waals surface area contributed by atoms with Gasteiger partial charge in [0.15, 0.2) is 0 Å². The summed E-state index contributed by atoms with van der Waals surface area (Å²) in [6, 6.07) is 0.230. The summed E-state index contributed by atoms with van der Waals surface area (Å²) in [6.07, 6.45) is 7.72. The molecule has 1 rings (SSSR count). The molecule has 1 N–H and O–H groups in total. The van der Waals surface area contributed by atoms with Crippen LogP contribution in [-0.2, 0) is 9.53 Å². The molecule has 0 heterocycles. The summed E-state index contributed by atoms with van der Waals surface area (Å²) in [7, 11) is 0. The topological polar surface area (TPSA) is 38.3 Å². The maximum atomic E-state index is 12.0. The molecule has 0 aromatic rings. The van der Waals surface area contributed by atoms with E-state index in [-0.39, 0.29) is 12.0 Å². The third-order valence-corrected chi connectivity index (χ3v) is 3.88. The molecule has 0 spiro atoms. The zero-order valence-electron chi connectivity index (χ0n) is 13.3. The van der Waals surface area contributed by atoms with Crippen LogP contribution >= 0.6 is 0 Å².